The van der Waals surface area contributed by atoms with E-state index in [1.807, 2.05) is 48.5 Å². The molecule has 0 saturated carbocycles. The Labute approximate surface area is 144 Å². The zero-order valence-electron chi connectivity index (χ0n) is 14.0. The van der Waals surface area contributed by atoms with Crippen molar-refractivity contribution in [3.63, 3.8) is 0 Å². The number of benzene rings is 2. The highest BCUT2D eigenvalue weighted by molar-refractivity contribution is 5.16. The van der Waals surface area contributed by atoms with Crippen LogP contribution < -0.4 is 11.1 Å². The molecule has 0 aliphatic rings. The molecule has 4 nitrogen and oxygen atoms in total. The van der Waals surface area contributed by atoms with Crippen molar-refractivity contribution in [3.8, 4) is 0 Å². The predicted molar refractivity (Wildman–Crippen MR) is 97.8 cm³/mol. The number of rotatable bonds is 10. The molecule has 0 bridgehead atoms. The number of aliphatic hydroxyl groups excluding tert-OH is 2. The molecule has 0 heterocycles. The Hall–Kier alpha value is -1.72. The van der Waals surface area contributed by atoms with Crippen LogP contribution in [0.4, 0.5) is 0 Å². The molecular formula is C20H28N2O2. The third-order valence-corrected chi connectivity index (χ3v) is 4.15. The fourth-order valence-electron chi connectivity index (χ4n) is 2.65. The standard InChI is InChI=1S/C20H28N2O2/c21-19(13-17-9-5-2-6-10-17)20(24)15-22-14-18(23)12-11-16-7-3-1-4-8-16/h1-10,18-20,22-24H,11-15,21H2/t18-,19?,20+/m0/s1. The van der Waals surface area contributed by atoms with Gasteiger partial charge in [0.1, 0.15) is 0 Å². The van der Waals surface area contributed by atoms with Crippen LogP contribution in [0.1, 0.15) is 17.5 Å². The predicted octanol–water partition coefficient (Wildman–Crippen LogP) is 1.50. The Morgan fingerprint density at radius 1 is 0.833 bits per heavy atom. The van der Waals surface area contributed by atoms with Crippen LogP contribution in [0.15, 0.2) is 60.7 Å². The molecule has 0 spiro atoms. The van der Waals surface area contributed by atoms with E-state index in [-0.39, 0.29) is 6.04 Å². The summed E-state index contributed by atoms with van der Waals surface area (Å²) in [5.41, 5.74) is 8.39. The van der Waals surface area contributed by atoms with Crippen molar-refractivity contribution in [2.75, 3.05) is 13.1 Å². The van der Waals surface area contributed by atoms with Crippen molar-refractivity contribution < 1.29 is 10.2 Å². The smallest absolute Gasteiger partial charge is 0.0818 e. The highest BCUT2D eigenvalue weighted by Crippen LogP contribution is 2.06. The molecule has 2 aromatic rings. The minimum absolute atomic E-state index is 0.318. The van der Waals surface area contributed by atoms with Gasteiger partial charge in [0.15, 0.2) is 0 Å². The van der Waals surface area contributed by atoms with Crippen molar-refractivity contribution in [3.05, 3.63) is 71.8 Å². The maximum Gasteiger partial charge on any atom is 0.0818 e. The SMILES string of the molecule is NC(Cc1ccccc1)[C@H](O)CNC[C@@H](O)CCc1ccccc1. The van der Waals surface area contributed by atoms with Gasteiger partial charge in [0.25, 0.3) is 0 Å². The quantitative estimate of drug-likeness (QED) is 0.533. The van der Waals surface area contributed by atoms with Crippen molar-refractivity contribution in [2.24, 2.45) is 5.73 Å². The van der Waals surface area contributed by atoms with Gasteiger partial charge in [0.2, 0.25) is 0 Å². The summed E-state index contributed by atoms with van der Waals surface area (Å²) >= 11 is 0. The Morgan fingerprint density at radius 3 is 2.04 bits per heavy atom. The Kier molecular flexibility index (Phi) is 7.92. The van der Waals surface area contributed by atoms with E-state index in [0.717, 1.165) is 12.0 Å². The molecule has 0 saturated heterocycles. The van der Waals surface area contributed by atoms with Gasteiger partial charge in [-0.05, 0) is 30.4 Å². The summed E-state index contributed by atoms with van der Waals surface area (Å²) in [5, 5.41) is 23.3. The number of hydrogen-bond donors (Lipinski definition) is 4. The largest absolute Gasteiger partial charge is 0.392 e. The van der Waals surface area contributed by atoms with Gasteiger partial charge in [-0.2, -0.15) is 0 Å². The number of nitrogens with two attached hydrogens (primary N) is 1. The second-order valence-electron chi connectivity index (χ2n) is 6.26. The van der Waals surface area contributed by atoms with E-state index in [1.165, 1.54) is 5.56 Å². The molecule has 3 atom stereocenters. The summed E-state index contributed by atoms with van der Waals surface area (Å²) in [6.07, 6.45) is 1.12. The molecule has 4 heteroatoms. The molecular weight excluding hydrogens is 300 g/mol. The van der Waals surface area contributed by atoms with E-state index in [4.69, 9.17) is 5.73 Å². The lowest BCUT2D eigenvalue weighted by atomic mass is 10.0. The first kappa shape index (κ1) is 18.6. The molecule has 130 valence electrons. The molecule has 2 rings (SSSR count). The van der Waals surface area contributed by atoms with Gasteiger partial charge in [-0.15, -0.1) is 0 Å². The van der Waals surface area contributed by atoms with Crippen LogP contribution >= 0.6 is 0 Å². The topological polar surface area (TPSA) is 78.5 Å². The summed E-state index contributed by atoms with van der Waals surface area (Å²) in [5.74, 6) is 0. The molecule has 0 radical (unpaired) electrons. The molecule has 24 heavy (non-hydrogen) atoms. The zero-order chi connectivity index (χ0) is 17.2. The van der Waals surface area contributed by atoms with E-state index in [0.29, 0.717) is 25.9 Å². The maximum absolute atomic E-state index is 10.1. The summed E-state index contributed by atoms with van der Waals surface area (Å²) in [7, 11) is 0. The maximum atomic E-state index is 10.1. The van der Waals surface area contributed by atoms with E-state index >= 15 is 0 Å². The average molecular weight is 328 g/mol. The zero-order valence-corrected chi connectivity index (χ0v) is 14.0. The normalized spacial score (nSPS) is 15.0. The van der Waals surface area contributed by atoms with Crippen molar-refractivity contribution in [1.82, 2.24) is 5.32 Å². The van der Waals surface area contributed by atoms with Crippen molar-refractivity contribution in [1.29, 1.82) is 0 Å². The number of aryl methyl sites for hydroxylation is 1. The third-order valence-electron chi connectivity index (χ3n) is 4.15. The van der Waals surface area contributed by atoms with Crippen molar-refractivity contribution in [2.45, 2.75) is 37.5 Å². The van der Waals surface area contributed by atoms with E-state index in [9.17, 15) is 10.2 Å². The van der Waals surface area contributed by atoms with Crippen LogP contribution in [-0.4, -0.2) is 41.6 Å². The average Bonchev–Trinajstić information content (AvgIpc) is 2.61. The van der Waals surface area contributed by atoms with Crippen LogP contribution in [0, 0.1) is 0 Å². The summed E-state index contributed by atoms with van der Waals surface area (Å²) in [6, 6.07) is 19.7. The van der Waals surface area contributed by atoms with Gasteiger partial charge in [0.05, 0.1) is 12.2 Å². The van der Waals surface area contributed by atoms with E-state index in [2.05, 4.69) is 17.4 Å². The first-order chi connectivity index (χ1) is 11.6. The van der Waals surface area contributed by atoms with Crippen LogP contribution in [0.5, 0.6) is 0 Å². The first-order valence-corrected chi connectivity index (χ1v) is 8.55. The lowest BCUT2D eigenvalue weighted by Crippen LogP contribution is -2.44. The van der Waals surface area contributed by atoms with Crippen molar-refractivity contribution >= 4 is 0 Å². The molecule has 0 fully saturated rings. The molecule has 0 aromatic heterocycles. The molecule has 0 aliphatic heterocycles. The summed E-state index contributed by atoms with van der Waals surface area (Å²) in [6.45, 7) is 0.846. The fourth-order valence-corrected chi connectivity index (χ4v) is 2.65. The van der Waals surface area contributed by atoms with Crippen LogP contribution in [-0.2, 0) is 12.8 Å². The summed E-state index contributed by atoms with van der Waals surface area (Å²) in [4.78, 5) is 0. The lowest BCUT2D eigenvalue weighted by Gasteiger charge is -2.20. The fraction of sp³-hybridized carbons (Fsp3) is 0.400. The first-order valence-electron chi connectivity index (χ1n) is 8.55. The Balaban J connectivity index is 1.61. The highest BCUT2D eigenvalue weighted by atomic mass is 16.3. The molecule has 5 N–H and O–H groups in total. The van der Waals surface area contributed by atoms with Gasteiger partial charge in [-0.3, -0.25) is 0 Å². The molecule has 1 unspecified atom stereocenters. The van der Waals surface area contributed by atoms with Gasteiger partial charge >= 0.3 is 0 Å². The lowest BCUT2D eigenvalue weighted by molar-refractivity contribution is 0.124. The number of hydrogen-bond acceptors (Lipinski definition) is 4. The van der Waals surface area contributed by atoms with E-state index < -0.39 is 12.2 Å². The van der Waals surface area contributed by atoms with E-state index in [1.54, 1.807) is 0 Å². The minimum atomic E-state index is -0.633. The number of nitrogens with one attached hydrogen (secondary N) is 1. The molecule has 0 aliphatic carbocycles. The van der Waals surface area contributed by atoms with Gasteiger partial charge < -0.3 is 21.3 Å². The molecule has 0 amide bonds. The van der Waals surface area contributed by atoms with Gasteiger partial charge in [-0.25, -0.2) is 0 Å². The van der Waals surface area contributed by atoms with Crippen LogP contribution in [0.2, 0.25) is 0 Å². The van der Waals surface area contributed by atoms with Gasteiger partial charge in [-0.1, -0.05) is 60.7 Å². The summed E-state index contributed by atoms with van der Waals surface area (Å²) < 4.78 is 0. The third kappa shape index (κ3) is 6.81. The second-order valence-corrected chi connectivity index (χ2v) is 6.26. The van der Waals surface area contributed by atoms with Crippen LogP contribution in [0.25, 0.3) is 0 Å². The molecule has 2 aromatic carbocycles. The Morgan fingerprint density at radius 2 is 1.42 bits per heavy atom. The number of aliphatic hydroxyl groups is 2. The second kappa shape index (κ2) is 10.2. The Bertz CT molecular complexity index is 562. The van der Waals surface area contributed by atoms with Gasteiger partial charge in [0, 0.05) is 19.1 Å². The monoisotopic (exact) mass is 328 g/mol. The minimum Gasteiger partial charge on any atom is -0.392 e. The van der Waals surface area contributed by atoms with Crippen LogP contribution in [0.3, 0.4) is 0 Å². The highest BCUT2D eigenvalue weighted by Gasteiger charge is 2.15.